The van der Waals surface area contributed by atoms with Gasteiger partial charge in [-0.3, -0.25) is 14.9 Å². The molecule has 1 aromatic heterocycles. The van der Waals surface area contributed by atoms with Gasteiger partial charge >= 0.3 is 0 Å². The number of pyridine rings is 1. The molecule has 1 unspecified atom stereocenters. The zero-order valence-corrected chi connectivity index (χ0v) is 9.51. The van der Waals surface area contributed by atoms with Gasteiger partial charge in [-0.1, -0.05) is 13.0 Å². The van der Waals surface area contributed by atoms with Gasteiger partial charge in [-0.15, -0.1) is 0 Å². The van der Waals surface area contributed by atoms with E-state index < -0.39 is 0 Å². The van der Waals surface area contributed by atoms with Crippen molar-refractivity contribution in [3.8, 4) is 0 Å². The number of piperazine rings is 1. The number of aromatic nitrogens is 1. The van der Waals surface area contributed by atoms with Gasteiger partial charge in [-0.2, -0.15) is 0 Å². The molecule has 0 aromatic carbocycles. The Labute approximate surface area is 98.8 Å². The van der Waals surface area contributed by atoms with Crippen LogP contribution in [0.25, 0.3) is 0 Å². The fourth-order valence-electron chi connectivity index (χ4n) is 1.91. The first kappa shape index (κ1) is 11.4. The SMILES string of the molecule is CCC1C(=O)NC(=O)CN1c1cccc(N)n1. The van der Waals surface area contributed by atoms with Crippen LogP contribution < -0.4 is 16.0 Å². The van der Waals surface area contributed by atoms with Crippen LogP contribution in [-0.4, -0.2) is 29.4 Å². The second kappa shape index (κ2) is 4.40. The lowest BCUT2D eigenvalue weighted by Gasteiger charge is -2.34. The summed E-state index contributed by atoms with van der Waals surface area (Å²) in [7, 11) is 0. The summed E-state index contributed by atoms with van der Waals surface area (Å²) in [4.78, 5) is 28.9. The Balaban J connectivity index is 2.34. The van der Waals surface area contributed by atoms with Gasteiger partial charge in [-0.25, -0.2) is 4.98 Å². The molecule has 0 radical (unpaired) electrons. The second-order valence-electron chi connectivity index (χ2n) is 3.89. The number of hydrogen-bond donors (Lipinski definition) is 2. The van der Waals surface area contributed by atoms with Crippen molar-refractivity contribution in [3.63, 3.8) is 0 Å². The van der Waals surface area contributed by atoms with Crippen molar-refractivity contribution in [2.24, 2.45) is 0 Å². The predicted molar refractivity (Wildman–Crippen MR) is 63.2 cm³/mol. The highest BCUT2D eigenvalue weighted by Gasteiger charge is 2.33. The maximum absolute atomic E-state index is 11.7. The summed E-state index contributed by atoms with van der Waals surface area (Å²) >= 11 is 0. The molecule has 0 aliphatic carbocycles. The van der Waals surface area contributed by atoms with E-state index in [4.69, 9.17) is 5.73 Å². The molecule has 1 saturated heterocycles. The molecule has 6 heteroatoms. The smallest absolute Gasteiger partial charge is 0.249 e. The third-order valence-corrected chi connectivity index (χ3v) is 2.69. The molecule has 0 spiro atoms. The van der Waals surface area contributed by atoms with Gasteiger partial charge in [0.25, 0.3) is 0 Å². The van der Waals surface area contributed by atoms with Gasteiger partial charge in [0, 0.05) is 0 Å². The fourth-order valence-corrected chi connectivity index (χ4v) is 1.91. The summed E-state index contributed by atoms with van der Waals surface area (Å²) < 4.78 is 0. The Morgan fingerprint density at radius 1 is 1.53 bits per heavy atom. The third kappa shape index (κ3) is 2.20. The molecule has 17 heavy (non-hydrogen) atoms. The molecule has 1 fully saturated rings. The first-order chi connectivity index (χ1) is 8.11. The number of carbonyl (C=O) groups excluding carboxylic acids is 2. The van der Waals surface area contributed by atoms with E-state index in [1.807, 2.05) is 6.92 Å². The van der Waals surface area contributed by atoms with Crippen LogP contribution >= 0.6 is 0 Å². The van der Waals surface area contributed by atoms with E-state index in [2.05, 4.69) is 10.3 Å². The first-order valence-electron chi connectivity index (χ1n) is 5.44. The number of nitrogens with zero attached hydrogens (tertiary/aromatic N) is 2. The van der Waals surface area contributed by atoms with Gasteiger partial charge < -0.3 is 10.6 Å². The van der Waals surface area contributed by atoms with Crippen molar-refractivity contribution in [3.05, 3.63) is 18.2 Å². The zero-order valence-electron chi connectivity index (χ0n) is 9.51. The van der Waals surface area contributed by atoms with Crippen LogP contribution in [0.15, 0.2) is 18.2 Å². The lowest BCUT2D eigenvalue weighted by Crippen LogP contribution is -2.58. The quantitative estimate of drug-likeness (QED) is 0.698. The van der Waals surface area contributed by atoms with E-state index >= 15 is 0 Å². The number of carbonyl (C=O) groups is 2. The minimum Gasteiger partial charge on any atom is -0.384 e. The van der Waals surface area contributed by atoms with E-state index in [9.17, 15) is 9.59 Å². The number of hydrogen-bond acceptors (Lipinski definition) is 5. The summed E-state index contributed by atoms with van der Waals surface area (Å²) in [5, 5.41) is 2.32. The van der Waals surface area contributed by atoms with E-state index in [1.54, 1.807) is 23.1 Å². The number of nitrogens with two attached hydrogens (primary N) is 1. The number of nitrogens with one attached hydrogen (secondary N) is 1. The van der Waals surface area contributed by atoms with Crippen LogP contribution in [0.1, 0.15) is 13.3 Å². The Morgan fingerprint density at radius 2 is 2.29 bits per heavy atom. The zero-order chi connectivity index (χ0) is 12.4. The third-order valence-electron chi connectivity index (χ3n) is 2.69. The van der Waals surface area contributed by atoms with Gasteiger partial charge in [0.15, 0.2) is 0 Å². The molecule has 2 rings (SSSR count). The maximum Gasteiger partial charge on any atom is 0.249 e. The summed E-state index contributed by atoms with van der Waals surface area (Å²) in [5.41, 5.74) is 5.60. The molecular formula is C11H14N4O2. The summed E-state index contributed by atoms with van der Waals surface area (Å²) in [6.07, 6.45) is 0.607. The van der Waals surface area contributed by atoms with Crippen molar-refractivity contribution < 1.29 is 9.59 Å². The van der Waals surface area contributed by atoms with Crippen LogP contribution in [0.2, 0.25) is 0 Å². The normalized spacial score (nSPS) is 20.3. The van der Waals surface area contributed by atoms with Gasteiger partial charge in [-0.05, 0) is 18.6 Å². The second-order valence-corrected chi connectivity index (χ2v) is 3.89. The lowest BCUT2D eigenvalue weighted by molar-refractivity contribution is -0.132. The van der Waals surface area contributed by atoms with Crippen molar-refractivity contribution in [2.45, 2.75) is 19.4 Å². The van der Waals surface area contributed by atoms with Crippen LogP contribution in [0.3, 0.4) is 0 Å². The fraction of sp³-hybridized carbons (Fsp3) is 0.364. The summed E-state index contributed by atoms with van der Waals surface area (Å²) in [6, 6.07) is 4.78. The first-order valence-corrected chi connectivity index (χ1v) is 5.44. The van der Waals surface area contributed by atoms with Crippen LogP contribution in [0, 0.1) is 0 Å². The predicted octanol–water partition coefficient (Wildman–Crippen LogP) is -0.0948. The highest BCUT2D eigenvalue weighted by atomic mass is 16.2. The molecule has 1 aromatic rings. The Kier molecular flexibility index (Phi) is 2.95. The van der Waals surface area contributed by atoms with E-state index in [0.29, 0.717) is 18.1 Å². The maximum atomic E-state index is 11.7. The van der Waals surface area contributed by atoms with Crippen molar-refractivity contribution in [2.75, 3.05) is 17.2 Å². The standard InChI is InChI=1S/C11H14N4O2/c1-2-7-11(17)14-10(16)6-15(7)9-5-3-4-8(12)13-9/h3-5,7H,2,6H2,1H3,(H2,12,13)(H,14,16,17). The Hall–Kier alpha value is -2.11. The number of amides is 2. The number of nitrogen functional groups attached to an aromatic ring is 1. The minimum absolute atomic E-state index is 0.126. The molecule has 1 atom stereocenters. The molecule has 2 amide bonds. The average molecular weight is 234 g/mol. The molecule has 2 heterocycles. The minimum atomic E-state index is -0.373. The number of imide groups is 1. The lowest BCUT2D eigenvalue weighted by atomic mass is 10.1. The molecule has 6 nitrogen and oxygen atoms in total. The van der Waals surface area contributed by atoms with Gasteiger partial charge in [0.2, 0.25) is 11.8 Å². The average Bonchev–Trinajstić information content (AvgIpc) is 2.28. The number of anilines is 2. The van der Waals surface area contributed by atoms with Crippen molar-refractivity contribution in [1.29, 1.82) is 0 Å². The van der Waals surface area contributed by atoms with Crippen molar-refractivity contribution >= 4 is 23.5 Å². The van der Waals surface area contributed by atoms with E-state index in [1.165, 1.54) is 0 Å². The molecule has 0 bridgehead atoms. The Morgan fingerprint density at radius 3 is 2.94 bits per heavy atom. The molecule has 1 aliphatic heterocycles. The molecule has 90 valence electrons. The van der Waals surface area contributed by atoms with Crippen LogP contribution in [0.5, 0.6) is 0 Å². The van der Waals surface area contributed by atoms with Crippen LogP contribution in [0.4, 0.5) is 11.6 Å². The number of rotatable bonds is 2. The molecule has 3 N–H and O–H groups in total. The van der Waals surface area contributed by atoms with Crippen LogP contribution in [-0.2, 0) is 9.59 Å². The van der Waals surface area contributed by atoms with E-state index in [-0.39, 0.29) is 24.4 Å². The highest BCUT2D eigenvalue weighted by Crippen LogP contribution is 2.19. The summed E-state index contributed by atoms with van der Waals surface area (Å²) in [5.74, 6) is 0.327. The highest BCUT2D eigenvalue weighted by molar-refractivity contribution is 6.04. The molecule has 1 aliphatic rings. The van der Waals surface area contributed by atoms with Gasteiger partial charge in [0.1, 0.15) is 17.7 Å². The van der Waals surface area contributed by atoms with Gasteiger partial charge in [0.05, 0.1) is 6.54 Å². The summed E-state index contributed by atoms with van der Waals surface area (Å²) in [6.45, 7) is 2.01. The van der Waals surface area contributed by atoms with Crippen molar-refractivity contribution in [1.82, 2.24) is 10.3 Å². The van der Waals surface area contributed by atoms with E-state index in [0.717, 1.165) is 0 Å². The largest absolute Gasteiger partial charge is 0.384 e. The topological polar surface area (TPSA) is 88.3 Å². The Bertz CT molecular complexity index is 461. The molecule has 0 saturated carbocycles. The molecular weight excluding hydrogens is 220 g/mol. The monoisotopic (exact) mass is 234 g/mol.